The molecule has 0 spiro atoms. The Morgan fingerprint density at radius 1 is 1.38 bits per heavy atom. The lowest BCUT2D eigenvalue weighted by atomic mass is 9.88. The summed E-state index contributed by atoms with van der Waals surface area (Å²) in [4.78, 5) is -0.629. The van der Waals surface area contributed by atoms with E-state index in [1.165, 1.54) is 0 Å². The summed E-state index contributed by atoms with van der Waals surface area (Å²) in [7, 11) is -4.10. The van der Waals surface area contributed by atoms with Gasteiger partial charge in [0.1, 0.15) is 10.7 Å². The zero-order valence-corrected chi connectivity index (χ0v) is 12.8. The predicted octanol–water partition coefficient (Wildman–Crippen LogP) is 2.31. The Labute approximate surface area is 123 Å². The van der Waals surface area contributed by atoms with Gasteiger partial charge in [0, 0.05) is 6.04 Å². The van der Waals surface area contributed by atoms with Crippen LogP contribution in [0.1, 0.15) is 38.7 Å². The maximum Gasteiger partial charge on any atom is 0.243 e. The first-order valence-electron chi connectivity index (χ1n) is 6.79. The molecule has 0 saturated heterocycles. The number of aliphatic hydroxyl groups is 1. The number of hydrogen-bond acceptors (Lipinski definition) is 3. The van der Waals surface area contributed by atoms with Gasteiger partial charge in [-0.25, -0.2) is 21.9 Å². The highest BCUT2D eigenvalue weighted by Gasteiger charge is 2.38. The standard InChI is InChI=1S/C14H19F2NO3S/c1-14(2)7-3-4-12(14)17-21(19,20)11-6-5-10(15)9(8-18)13(11)16/h5-6,12,17-18H,3-4,7-8H2,1-2H3. The van der Waals surface area contributed by atoms with Crippen LogP contribution < -0.4 is 4.72 Å². The smallest absolute Gasteiger partial charge is 0.243 e. The van der Waals surface area contributed by atoms with Gasteiger partial charge in [-0.05, 0) is 30.4 Å². The average molecular weight is 319 g/mol. The largest absolute Gasteiger partial charge is 0.391 e. The highest BCUT2D eigenvalue weighted by atomic mass is 32.2. The molecule has 21 heavy (non-hydrogen) atoms. The van der Waals surface area contributed by atoms with Crippen LogP contribution in [0.3, 0.4) is 0 Å². The molecule has 0 heterocycles. The summed E-state index contributed by atoms with van der Waals surface area (Å²) in [6.45, 7) is 3.01. The Kier molecular flexibility index (Phi) is 4.37. The first-order valence-corrected chi connectivity index (χ1v) is 8.27. The van der Waals surface area contributed by atoms with Crippen molar-refractivity contribution in [3.8, 4) is 0 Å². The minimum absolute atomic E-state index is 0.205. The second-order valence-corrected chi connectivity index (χ2v) is 7.73. The van der Waals surface area contributed by atoms with Gasteiger partial charge >= 0.3 is 0 Å². The van der Waals surface area contributed by atoms with Gasteiger partial charge < -0.3 is 5.11 Å². The van der Waals surface area contributed by atoms with Gasteiger partial charge in [-0.1, -0.05) is 20.3 Å². The number of aliphatic hydroxyl groups excluding tert-OH is 1. The van der Waals surface area contributed by atoms with Crippen LogP contribution in [0.4, 0.5) is 8.78 Å². The molecule has 4 nitrogen and oxygen atoms in total. The molecule has 1 fully saturated rings. The monoisotopic (exact) mass is 319 g/mol. The molecular formula is C14H19F2NO3S. The number of halogens is 2. The molecule has 118 valence electrons. The van der Waals surface area contributed by atoms with Crippen molar-refractivity contribution in [3.05, 3.63) is 29.3 Å². The molecule has 7 heteroatoms. The van der Waals surface area contributed by atoms with Crippen LogP contribution in [0.25, 0.3) is 0 Å². The van der Waals surface area contributed by atoms with E-state index in [2.05, 4.69) is 4.72 Å². The highest BCUT2D eigenvalue weighted by Crippen LogP contribution is 2.38. The van der Waals surface area contributed by atoms with Crippen molar-refractivity contribution in [1.29, 1.82) is 0 Å². The molecule has 2 rings (SSSR count). The average Bonchev–Trinajstić information content (AvgIpc) is 2.68. The second kappa shape index (κ2) is 5.62. The van der Waals surface area contributed by atoms with E-state index in [-0.39, 0.29) is 11.5 Å². The van der Waals surface area contributed by atoms with Gasteiger partial charge in [0.15, 0.2) is 5.82 Å². The first-order chi connectivity index (χ1) is 9.69. The first kappa shape index (κ1) is 16.3. The third-order valence-electron chi connectivity index (χ3n) is 4.15. The van der Waals surface area contributed by atoms with Crippen molar-refractivity contribution in [2.75, 3.05) is 0 Å². The van der Waals surface area contributed by atoms with E-state index in [0.29, 0.717) is 6.42 Å². The maximum absolute atomic E-state index is 14.1. The molecule has 1 aliphatic rings. The maximum atomic E-state index is 14.1. The van der Waals surface area contributed by atoms with Gasteiger partial charge in [0.05, 0.1) is 12.2 Å². The highest BCUT2D eigenvalue weighted by molar-refractivity contribution is 7.89. The Hall–Kier alpha value is -1.05. The van der Waals surface area contributed by atoms with E-state index in [1.54, 1.807) is 0 Å². The van der Waals surface area contributed by atoms with Crippen LogP contribution in [0.5, 0.6) is 0 Å². The van der Waals surface area contributed by atoms with E-state index < -0.39 is 38.7 Å². The lowest BCUT2D eigenvalue weighted by Gasteiger charge is -2.27. The molecule has 0 aliphatic heterocycles. The Morgan fingerprint density at radius 3 is 2.57 bits per heavy atom. The minimum atomic E-state index is -4.10. The molecule has 1 aliphatic carbocycles. The molecule has 1 aromatic rings. The lowest BCUT2D eigenvalue weighted by Crippen LogP contribution is -2.41. The molecule has 1 atom stereocenters. The zero-order chi connectivity index (χ0) is 15.8. The number of sulfonamides is 1. The molecule has 2 N–H and O–H groups in total. The molecule has 1 aromatic carbocycles. The molecule has 0 radical (unpaired) electrons. The Morgan fingerprint density at radius 2 is 2.05 bits per heavy atom. The summed E-state index contributed by atoms with van der Waals surface area (Å²) in [5.41, 5.74) is -0.841. The van der Waals surface area contributed by atoms with Crippen LogP contribution in [0.2, 0.25) is 0 Å². The van der Waals surface area contributed by atoms with E-state index in [9.17, 15) is 17.2 Å². The summed E-state index contributed by atoms with van der Waals surface area (Å²) in [5, 5.41) is 8.96. The normalized spacial score (nSPS) is 21.7. The fourth-order valence-electron chi connectivity index (χ4n) is 2.72. The third-order valence-corrected chi connectivity index (χ3v) is 5.64. The second-order valence-electron chi connectivity index (χ2n) is 6.05. The number of hydrogen-bond donors (Lipinski definition) is 2. The van der Waals surface area contributed by atoms with Crippen LogP contribution in [-0.2, 0) is 16.6 Å². The summed E-state index contributed by atoms with van der Waals surface area (Å²) < 4.78 is 54.6. The quantitative estimate of drug-likeness (QED) is 0.895. The summed E-state index contributed by atoms with van der Waals surface area (Å²) in [6.07, 6.45) is 2.46. The Bertz CT molecular complexity index is 644. The number of benzene rings is 1. The van der Waals surface area contributed by atoms with Crippen molar-refractivity contribution in [2.45, 2.75) is 50.7 Å². The van der Waals surface area contributed by atoms with E-state index in [1.807, 2.05) is 13.8 Å². The molecule has 1 saturated carbocycles. The number of nitrogens with one attached hydrogen (secondary N) is 1. The fraction of sp³-hybridized carbons (Fsp3) is 0.571. The Balaban J connectivity index is 2.37. The van der Waals surface area contributed by atoms with Gasteiger partial charge in [0.2, 0.25) is 10.0 Å². The van der Waals surface area contributed by atoms with Gasteiger partial charge in [-0.3, -0.25) is 0 Å². The summed E-state index contributed by atoms with van der Waals surface area (Å²) in [6, 6.07) is 1.45. The van der Waals surface area contributed by atoms with E-state index in [0.717, 1.165) is 25.0 Å². The van der Waals surface area contributed by atoms with Crippen LogP contribution >= 0.6 is 0 Å². The van der Waals surface area contributed by atoms with Gasteiger partial charge in [0.25, 0.3) is 0 Å². The molecule has 0 amide bonds. The molecule has 0 aromatic heterocycles. The van der Waals surface area contributed by atoms with Crippen LogP contribution in [0.15, 0.2) is 17.0 Å². The number of rotatable bonds is 4. The molecule has 1 unspecified atom stereocenters. The van der Waals surface area contributed by atoms with Crippen LogP contribution in [0, 0.1) is 17.0 Å². The fourth-order valence-corrected chi connectivity index (χ4v) is 4.27. The topological polar surface area (TPSA) is 66.4 Å². The van der Waals surface area contributed by atoms with Crippen molar-refractivity contribution < 1.29 is 22.3 Å². The van der Waals surface area contributed by atoms with Crippen molar-refractivity contribution >= 4 is 10.0 Å². The van der Waals surface area contributed by atoms with Crippen LogP contribution in [-0.4, -0.2) is 19.6 Å². The predicted molar refractivity (Wildman–Crippen MR) is 74.0 cm³/mol. The molecule has 0 bridgehead atoms. The van der Waals surface area contributed by atoms with Gasteiger partial charge in [-0.15, -0.1) is 0 Å². The van der Waals surface area contributed by atoms with Gasteiger partial charge in [-0.2, -0.15) is 0 Å². The van der Waals surface area contributed by atoms with E-state index in [4.69, 9.17) is 5.11 Å². The van der Waals surface area contributed by atoms with Crippen molar-refractivity contribution in [2.24, 2.45) is 5.41 Å². The minimum Gasteiger partial charge on any atom is -0.391 e. The zero-order valence-electron chi connectivity index (χ0n) is 12.0. The van der Waals surface area contributed by atoms with Crippen molar-refractivity contribution in [3.63, 3.8) is 0 Å². The lowest BCUT2D eigenvalue weighted by molar-refractivity contribution is 0.267. The van der Waals surface area contributed by atoms with Crippen molar-refractivity contribution in [1.82, 2.24) is 4.72 Å². The third kappa shape index (κ3) is 3.09. The summed E-state index contributed by atoms with van der Waals surface area (Å²) in [5.74, 6) is -2.20. The van der Waals surface area contributed by atoms with E-state index >= 15 is 0 Å². The molecular weight excluding hydrogens is 300 g/mol. The SMILES string of the molecule is CC1(C)CCCC1NS(=O)(=O)c1ccc(F)c(CO)c1F. The summed E-state index contributed by atoms with van der Waals surface area (Å²) >= 11 is 0.